The molecule has 1 heterocycles. The number of para-hydroxylation sites is 1. The molecule has 0 saturated heterocycles. The first kappa shape index (κ1) is 25.0. The number of carbonyl (C=O) groups excluding carboxylic acids is 1. The molecule has 1 aliphatic rings. The summed E-state index contributed by atoms with van der Waals surface area (Å²) in [5.74, 6) is -1.84. The molecule has 4 rings (SSSR count). The van der Waals surface area contributed by atoms with Gasteiger partial charge in [-0.1, -0.05) is 42.0 Å². The molecule has 2 atom stereocenters. The van der Waals surface area contributed by atoms with Crippen LogP contribution in [0.5, 0.6) is 0 Å². The van der Waals surface area contributed by atoms with Gasteiger partial charge in [-0.2, -0.15) is 8.42 Å². The number of anilines is 1. The summed E-state index contributed by atoms with van der Waals surface area (Å²) in [6, 6.07) is 14.1. The number of hydrogen-bond donors (Lipinski definition) is 1. The second-order valence-corrected chi connectivity index (χ2v) is 10.7. The smallest absolute Gasteiger partial charge is 0.297 e. The van der Waals surface area contributed by atoms with E-state index in [1.165, 1.54) is 42.5 Å². The number of amides is 1. The molecule has 1 amide bonds. The zero-order chi connectivity index (χ0) is 25.5. The Kier molecular flexibility index (Phi) is 6.52. The van der Waals surface area contributed by atoms with E-state index >= 15 is 4.39 Å². The molecular formula is C26H25F2NO5S. The van der Waals surface area contributed by atoms with E-state index < -0.39 is 51.8 Å². The molecule has 0 unspecified atom stereocenters. The predicted molar refractivity (Wildman–Crippen MR) is 126 cm³/mol. The van der Waals surface area contributed by atoms with Gasteiger partial charge in [0.1, 0.15) is 17.7 Å². The standard InChI is InChI=1S/C26H25F2NO5S/c1-16-10-12-19(13-11-16)35(32,33)34-15-22(30)23(17-6-4-7-18(27)14-17)29-24-20(8-5-9-21(24)28)26(2,3)25(29)31/h4-14,22-23,30H,15H2,1-3H3/t22-,23+/m1/s1. The Morgan fingerprint density at radius 3 is 2.34 bits per heavy atom. The van der Waals surface area contributed by atoms with E-state index in [0.717, 1.165) is 16.5 Å². The third-order valence-corrected chi connectivity index (χ3v) is 7.49. The van der Waals surface area contributed by atoms with E-state index in [-0.39, 0.29) is 16.1 Å². The maximum Gasteiger partial charge on any atom is 0.297 e. The SMILES string of the molecule is Cc1ccc(S(=O)(=O)OC[C@@H](O)[C@H](c2cccc(F)c2)N2C(=O)C(C)(C)c3cccc(F)c32)cc1. The molecule has 35 heavy (non-hydrogen) atoms. The Morgan fingerprint density at radius 1 is 1.03 bits per heavy atom. The number of aliphatic hydroxyl groups is 1. The average Bonchev–Trinajstić information content (AvgIpc) is 3.00. The molecule has 0 spiro atoms. The number of benzene rings is 3. The van der Waals surface area contributed by atoms with Crippen molar-refractivity contribution in [2.45, 2.75) is 43.2 Å². The van der Waals surface area contributed by atoms with Crippen molar-refractivity contribution in [3.8, 4) is 0 Å². The van der Waals surface area contributed by atoms with Crippen LogP contribution in [0.2, 0.25) is 0 Å². The molecule has 0 aliphatic carbocycles. The molecule has 3 aromatic rings. The van der Waals surface area contributed by atoms with E-state index in [4.69, 9.17) is 4.18 Å². The fourth-order valence-corrected chi connectivity index (χ4v) is 5.23. The quantitative estimate of drug-likeness (QED) is 0.485. The molecular weight excluding hydrogens is 476 g/mol. The van der Waals surface area contributed by atoms with Crippen LogP contribution in [0.25, 0.3) is 0 Å². The summed E-state index contributed by atoms with van der Waals surface area (Å²) in [6.07, 6.45) is -1.64. The highest BCUT2D eigenvalue weighted by Gasteiger charge is 2.49. The fraction of sp³-hybridized carbons (Fsp3) is 0.269. The Bertz CT molecular complexity index is 1370. The lowest BCUT2D eigenvalue weighted by Crippen LogP contribution is -2.45. The molecule has 0 fully saturated rings. The van der Waals surface area contributed by atoms with Crippen LogP contribution < -0.4 is 4.90 Å². The van der Waals surface area contributed by atoms with Gasteiger partial charge in [-0.15, -0.1) is 0 Å². The molecule has 9 heteroatoms. The van der Waals surface area contributed by atoms with E-state index in [0.29, 0.717) is 5.56 Å². The van der Waals surface area contributed by atoms with Crippen LogP contribution in [-0.2, 0) is 24.5 Å². The van der Waals surface area contributed by atoms with E-state index in [1.54, 1.807) is 39.0 Å². The third kappa shape index (κ3) is 4.59. The van der Waals surface area contributed by atoms with Gasteiger partial charge in [0.2, 0.25) is 5.91 Å². The van der Waals surface area contributed by atoms with Crippen molar-refractivity contribution in [1.82, 2.24) is 0 Å². The number of aryl methyl sites for hydroxylation is 1. The van der Waals surface area contributed by atoms with Crippen LogP contribution in [0.15, 0.2) is 71.6 Å². The van der Waals surface area contributed by atoms with Gasteiger partial charge in [-0.05, 0) is 62.2 Å². The van der Waals surface area contributed by atoms with Crippen LogP contribution in [0.1, 0.15) is 36.6 Å². The van der Waals surface area contributed by atoms with Gasteiger partial charge >= 0.3 is 0 Å². The van der Waals surface area contributed by atoms with Crippen molar-refractivity contribution in [1.29, 1.82) is 0 Å². The van der Waals surface area contributed by atoms with Gasteiger partial charge in [-0.25, -0.2) is 8.78 Å². The van der Waals surface area contributed by atoms with Crippen molar-refractivity contribution >= 4 is 21.7 Å². The summed E-state index contributed by atoms with van der Waals surface area (Å²) in [6.45, 7) is 4.31. The minimum Gasteiger partial charge on any atom is -0.388 e. The van der Waals surface area contributed by atoms with Crippen molar-refractivity contribution in [2.24, 2.45) is 0 Å². The molecule has 0 saturated carbocycles. The van der Waals surface area contributed by atoms with Gasteiger partial charge in [0, 0.05) is 0 Å². The summed E-state index contributed by atoms with van der Waals surface area (Å²) in [7, 11) is -4.24. The van der Waals surface area contributed by atoms with Crippen LogP contribution in [-0.4, -0.2) is 32.1 Å². The first-order valence-electron chi connectivity index (χ1n) is 11.0. The van der Waals surface area contributed by atoms with E-state index in [2.05, 4.69) is 0 Å². The number of aliphatic hydroxyl groups excluding tert-OH is 1. The lowest BCUT2D eigenvalue weighted by atomic mass is 9.86. The molecule has 1 aliphatic heterocycles. The van der Waals surface area contributed by atoms with Crippen LogP contribution in [0, 0.1) is 18.6 Å². The van der Waals surface area contributed by atoms with Crippen molar-refractivity contribution in [2.75, 3.05) is 11.5 Å². The second-order valence-electron chi connectivity index (χ2n) is 9.06. The monoisotopic (exact) mass is 501 g/mol. The molecule has 6 nitrogen and oxygen atoms in total. The molecule has 0 aromatic heterocycles. The minimum atomic E-state index is -4.24. The molecule has 0 bridgehead atoms. The molecule has 184 valence electrons. The highest BCUT2D eigenvalue weighted by Crippen LogP contribution is 2.47. The van der Waals surface area contributed by atoms with Gasteiger partial charge in [0.15, 0.2) is 0 Å². The Hall–Kier alpha value is -3.14. The average molecular weight is 502 g/mol. The highest BCUT2D eigenvalue weighted by molar-refractivity contribution is 7.86. The van der Waals surface area contributed by atoms with Crippen LogP contribution in [0.4, 0.5) is 14.5 Å². The lowest BCUT2D eigenvalue weighted by molar-refractivity contribution is -0.123. The first-order valence-corrected chi connectivity index (χ1v) is 12.4. The number of hydrogen-bond acceptors (Lipinski definition) is 5. The number of carbonyl (C=O) groups is 1. The number of halogens is 2. The Labute approximate surface area is 202 Å². The topological polar surface area (TPSA) is 83.9 Å². The summed E-state index contributed by atoms with van der Waals surface area (Å²) in [4.78, 5) is 14.5. The maximum atomic E-state index is 15.0. The number of fused-ring (bicyclic) bond motifs is 1. The van der Waals surface area contributed by atoms with Gasteiger partial charge < -0.3 is 5.11 Å². The first-order chi connectivity index (χ1) is 16.4. The second kappa shape index (κ2) is 9.14. The van der Waals surface area contributed by atoms with Crippen LogP contribution in [0.3, 0.4) is 0 Å². The maximum absolute atomic E-state index is 15.0. The van der Waals surface area contributed by atoms with Gasteiger partial charge in [-0.3, -0.25) is 13.9 Å². The number of nitrogens with zero attached hydrogens (tertiary/aromatic N) is 1. The molecule has 1 N–H and O–H groups in total. The normalized spacial score (nSPS) is 16.7. The summed E-state index contributed by atoms with van der Waals surface area (Å²) in [5, 5.41) is 11.1. The lowest BCUT2D eigenvalue weighted by Gasteiger charge is -2.33. The van der Waals surface area contributed by atoms with Gasteiger partial charge in [0.25, 0.3) is 10.1 Å². The molecule has 0 radical (unpaired) electrons. The summed E-state index contributed by atoms with van der Waals surface area (Å²) < 4.78 is 59.6. The van der Waals surface area contributed by atoms with E-state index in [9.17, 15) is 22.7 Å². The zero-order valence-corrected chi connectivity index (χ0v) is 20.2. The Morgan fingerprint density at radius 2 is 1.69 bits per heavy atom. The van der Waals surface area contributed by atoms with Crippen molar-refractivity contribution in [3.63, 3.8) is 0 Å². The van der Waals surface area contributed by atoms with E-state index in [1.807, 2.05) is 0 Å². The predicted octanol–water partition coefficient (Wildman–Crippen LogP) is 4.41. The van der Waals surface area contributed by atoms with Crippen molar-refractivity contribution in [3.05, 3.63) is 95.1 Å². The van der Waals surface area contributed by atoms with Crippen molar-refractivity contribution < 1.29 is 31.3 Å². The summed E-state index contributed by atoms with van der Waals surface area (Å²) >= 11 is 0. The highest BCUT2D eigenvalue weighted by atomic mass is 32.2. The fourth-order valence-electron chi connectivity index (χ4n) is 4.31. The Balaban J connectivity index is 1.74. The number of rotatable bonds is 7. The minimum absolute atomic E-state index is 0.0443. The zero-order valence-electron chi connectivity index (χ0n) is 19.4. The largest absolute Gasteiger partial charge is 0.388 e. The molecule has 3 aromatic carbocycles. The third-order valence-electron chi connectivity index (χ3n) is 6.19. The van der Waals surface area contributed by atoms with Crippen LogP contribution >= 0.6 is 0 Å². The van der Waals surface area contributed by atoms with Gasteiger partial charge in [0.05, 0.1) is 28.6 Å². The summed E-state index contributed by atoms with van der Waals surface area (Å²) in [5.41, 5.74) is 0.249.